The van der Waals surface area contributed by atoms with Crippen molar-refractivity contribution in [2.75, 3.05) is 0 Å². The van der Waals surface area contributed by atoms with E-state index in [9.17, 15) is 0 Å². The van der Waals surface area contributed by atoms with E-state index in [-0.39, 0.29) is 0 Å². The molecule has 96 valence electrons. The molecule has 0 saturated heterocycles. The van der Waals surface area contributed by atoms with Crippen LogP contribution in [0.3, 0.4) is 0 Å². The van der Waals surface area contributed by atoms with Crippen molar-refractivity contribution in [3.63, 3.8) is 0 Å². The van der Waals surface area contributed by atoms with Crippen molar-refractivity contribution in [3.8, 4) is 11.4 Å². The summed E-state index contributed by atoms with van der Waals surface area (Å²) in [6, 6.07) is 10.4. The zero-order valence-corrected chi connectivity index (χ0v) is 11.9. The van der Waals surface area contributed by atoms with Crippen LogP contribution in [0.5, 0.6) is 0 Å². The van der Waals surface area contributed by atoms with Crippen LogP contribution in [0.25, 0.3) is 11.4 Å². The van der Waals surface area contributed by atoms with Crippen LogP contribution < -0.4 is 0 Å². The van der Waals surface area contributed by atoms with E-state index in [0.29, 0.717) is 5.92 Å². The molecule has 0 atom stereocenters. The molecule has 1 aromatic carbocycles. The summed E-state index contributed by atoms with van der Waals surface area (Å²) in [5.74, 6) is 1.36. The molecule has 0 N–H and O–H groups in total. The summed E-state index contributed by atoms with van der Waals surface area (Å²) in [6.07, 6.45) is 1.80. The Morgan fingerprint density at radius 1 is 0.944 bits per heavy atom. The first-order valence-corrected chi connectivity index (χ1v) is 6.57. The first-order valence-electron chi connectivity index (χ1n) is 6.57. The van der Waals surface area contributed by atoms with Gasteiger partial charge in [-0.05, 0) is 24.5 Å². The van der Waals surface area contributed by atoms with Crippen LogP contribution in [0.1, 0.15) is 44.9 Å². The van der Waals surface area contributed by atoms with E-state index < -0.39 is 0 Å². The second kappa shape index (κ2) is 6.90. The highest BCUT2D eigenvalue weighted by molar-refractivity contribution is 5.55. The fraction of sp³-hybridized carbons (Fsp3) is 0.375. The van der Waals surface area contributed by atoms with Gasteiger partial charge in [0.1, 0.15) is 0 Å². The lowest BCUT2D eigenvalue weighted by Crippen LogP contribution is -1.92. The third-order valence-corrected chi connectivity index (χ3v) is 2.63. The van der Waals surface area contributed by atoms with Gasteiger partial charge in [-0.25, -0.2) is 9.97 Å². The number of benzene rings is 1. The average molecular weight is 242 g/mol. The minimum atomic E-state index is 0.562. The predicted molar refractivity (Wildman–Crippen MR) is 77.6 cm³/mol. The van der Waals surface area contributed by atoms with Crippen molar-refractivity contribution in [1.82, 2.24) is 9.97 Å². The molecule has 0 amide bonds. The van der Waals surface area contributed by atoms with Gasteiger partial charge in [0.25, 0.3) is 0 Å². The van der Waals surface area contributed by atoms with Crippen molar-refractivity contribution in [2.24, 2.45) is 0 Å². The van der Waals surface area contributed by atoms with E-state index in [0.717, 1.165) is 17.1 Å². The molecule has 1 heterocycles. The lowest BCUT2D eigenvalue weighted by Gasteiger charge is -2.06. The van der Waals surface area contributed by atoms with Crippen LogP contribution in [0, 0.1) is 6.92 Å². The highest BCUT2D eigenvalue weighted by Crippen LogP contribution is 2.19. The van der Waals surface area contributed by atoms with Crippen LogP contribution >= 0.6 is 0 Å². The van der Waals surface area contributed by atoms with Gasteiger partial charge in [0, 0.05) is 17.5 Å². The van der Waals surface area contributed by atoms with Crippen LogP contribution in [0.15, 0.2) is 36.5 Å². The predicted octanol–water partition coefficient (Wildman–Crippen LogP) is 4.60. The minimum Gasteiger partial charge on any atom is -0.237 e. The van der Waals surface area contributed by atoms with Gasteiger partial charge < -0.3 is 0 Å². The number of aryl methyl sites for hydroxylation is 1. The number of aromatic nitrogens is 2. The third-order valence-electron chi connectivity index (χ3n) is 2.63. The first-order chi connectivity index (χ1) is 8.66. The molecule has 1 aromatic heterocycles. The summed E-state index contributed by atoms with van der Waals surface area (Å²) in [6.45, 7) is 10.4. The minimum absolute atomic E-state index is 0.562. The number of nitrogens with zero attached hydrogens (tertiary/aromatic N) is 2. The Balaban J connectivity index is 0.000000771. The summed E-state index contributed by atoms with van der Waals surface area (Å²) in [7, 11) is 0. The van der Waals surface area contributed by atoms with E-state index in [1.54, 1.807) is 6.20 Å². The summed E-state index contributed by atoms with van der Waals surface area (Å²) in [5.41, 5.74) is 3.42. The van der Waals surface area contributed by atoms with Gasteiger partial charge in [-0.2, -0.15) is 0 Å². The zero-order chi connectivity index (χ0) is 13.5. The van der Waals surface area contributed by atoms with Gasteiger partial charge in [0.2, 0.25) is 0 Å². The summed E-state index contributed by atoms with van der Waals surface area (Å²) in [5, 5.41) is 0. The third kappa shape index (κ3) is 3.66. The molecule has 0 fully saturated rings. The molecule has 0 aliphatic heterocycles. The fourth-order valence-corrected chi connectivity index (χ4v) is 1.61. The van der Waals surface area contributed by atoms with Crippen LogP contribution in [0.4, 0.5) is 0 Å². The van der Waals surface area contributed by atoms with Gasteiger partial charge in [-0.3, -0.25) is 0 Å². The normalized spacial score (nSPS) is 9.89. The zero-order valence-electron chi connectivity index (χ0n) is 11.9. The highest BCUT2D eigenvalue weighted by Gasteiger charge is 2.02. The van der Waals surface area contributed by atoms with Crippen molar-refractivity contribution in [1.29, 1.82) is 0 Å². The van der Waals surface area contributed by atoms with E-state index in [1.807, 2.05) is 26.8 Å². The molecule has 0 spiro atoms. The molecule has 0 bridgehead atoms. The first kappa shape index (κ1) is 14.4. The largest absolute Gasteiger partial charge is 0.237 e. The summed E-state index contributed by atoms with van der Waals surface area (Å²) < 4.78 is 0. The molecule has 0 aliphatic rings. The fourth-order valence-electron chi connectivity index (χ4n) is 1.61. The average Bonchev–Trinajstić information content (AvgIpc) is 2.41. The van der Waals surface area contributed by atoms with Gasteiger partial charge in [0.15, 0.2) is 5.82 Å². The van der Waals surface area contributed by atoms with Crippen LogP contribution in [0.2, 0.25) is 0 Å². The molecule has 0 aliphatic carbocycles. The van der Waals surface area contributed by atoms with Gasteiger partial charge in [-0.1, -0.05) is 52.0 Å². The topological polar surface area (TPSA) is 25.8 Å². The maximum atomic E-state index is 4.41. The molecule has 2 nitrogen and oxygen atoms in total. The lowest BCUT2D eigenvalue weighted by molar-refractivity contribution is 0.867. The highest BCUT2D eigenvalue weighted by atomic mass is 14.9. The standard InChI is InChI=1S/C14H16N2.C2H6/c1-10(2)12-4-6-13(7-5-12)14-15-9-8-11(3)16-14;1-2/h4-10H,1-3H3;1-2H3. The van der Waals surface area contributed by atoms with Gasteiger partial charge in [0.05, 0.1) is 0 Å². The molecule has 2 heteroatoms. The number of hydrogen-bond donors (Lipinski definition) is 0. The summed E-state index contributed by atoms with van der Waals surface area (Å²) >= 11 is 0. The molecule has 0 unspecified atom stereocenters. The maximum Gasteiger partial charge on any atom is 0.159 e. The SMILES string of the molecule is CC.Cc1ccnc(-c2ccc(C(C)C)cc2)n1. The van der Waals surface area contributed by atoms with E-state index in [2.05, 4.69) is 48.1 Å². The Labute approximate surface area is 110 Å². The molecule has 2 rings (SSSR count). The Bertz CT molecular complexity index is 473. The Kier molecular flexibility index (Phi) is 5.50. The monoisotopic (exact) mass is 242 g/mol. The van der Waals surface area contributed by atoms with Gasteiger partial charge >= 0.3 is 0 Å². The summed E-state index contributed by atoms with van der Waals surface area (Å²) in [4.78, 5) is 8.68. The second-order valence-corrected chi connectivity index (χ2v) is 4.30. The Morgan fingerprint density at radius 3 is 2.06 bits per heavy atom. The number of hydrogen-bond acceptors (Lipinski definition) is 2. The Hall–Kier alpha value is -1.70. The number of rotatable bonds is 2. The van der Waals surface area contributed by atoms with E-state index >= 15 is 0 Å². The molecular formula is C16H22N2. The van der Waals surface area contributed by atoms with Crippen molar-refractivity contribution < 1.29 is 0 Å². The van der Waals surface area contributed by atoms with Crippen LogP contribution in [-0.4, -0.2) is 9.97 Å². The van der Waals surface area contributed by atoms with E-state index in [4.69, 9.17) is 0 Å². The maximum absolute atomic E-state index is 4.41. The molecule has 2 aromatic rings. The molecule has 18 heavy (non-hydrogen) atoms. The second-order valence-electron chi connectivity index (χ2n) is 4.30. The molecule has 0 saturated carbocycles. The molecular weight excluding hydrogens is 220 g/mol. The lowest BCUT2D eigenvalue weighted by atomic mass is 10.0. The van der Waals surface area contributed by atoms with Crippen molar-refractivity contribution in [2.45, 2.75) is 40.5 Å². The van der Waals surface area contributed by atoms with Crippen LogP contribution in [-0.2, 0) is 0 Å². The van der Waals surface area contributed by atoms with Crippen molar-refractivity contribution in [3.05, 3.63) is 47.8 Å². The van der Waals surface area contributed by atoms with Crippen molar-refractivity contribution >= 4 is 0 Å². The molecule has 0 radical (unpaired) electrons. The Morgan fingerprint density at radius 2 is 1.56 bits per heavy atom. The smallest absolute Gasteiger partial charge is 0.159 e. The van der Waals surface area contributed by atoms with E-state index in [1.165, 1.54) is 5.56 Å². The quantitative estimate of drug-likeness (QED) is 0.769. The van der Waals surface area contributed by atoms with Gasteiger partial charge in [-0.15, -0.1) is 0 Å².